The molecule has 0 aliphatic heterocycles. The van der Waals surface area contributed by atoms with Gasteiger partial charge in [-0.05, 0) is 50.7 Å². The molecular weight excluding hydrogens is 306 g/mol. The molecule has 1 heterocycles. The molecule has 0 radical (unpaired) electrons. The first-order valence-corrected chi connectivity index (χ1v) is 9.10. The molecule has 2 aromatic rings. The second-order valence-electron chi connectivity index (χ2n) is 6.66. The van der Waals surface area contributed by atoms with Crippen LogP contribution in [-0.2, 0) is 12.8 Å². The first kappa shape index (κ1) is 14.9. The van der Waals surface area contributed by atoms with E-state index in [2.05, 4.69) is 5.32 Å². The lowest BCUT2D eigenvalue weighted by Gasteiger charge is -2.22. The van der Waals surface area contributed by atoms with Crippen molar-refractivity contribution in [3.63, 3.8) is 0 Å². The predicted molar refractivity (Wildman–Crippen MR) is 95.0 cm³/mol. The Bertz CT molecular complexity index is 708. The Kier molecular flexibility index (Phi) is 4.21. The summed E-state index contributed by atoms with van der Waals surface area (Å²) in [4.78, 5) is 9.73. The highest BCUT2D eigenvalue weighted by Crippen LogP contribution is 2.31. The Balaban J connectivity index is 1.75. The molecule has 4 heteroatoms. The summed E-state index contributed by atoms with van der Waals surface area (Å²) in [5.74, 6) is 1.87. The summed E-state index contributed by atoms with van der Waals surface area (Å²) in [6.45, 7) is 0. The molecule has 23 heavy (non-hydrogen) atoms. The van der Waals surface area contributed by atoms with Crippen molar-refractivity contribution in [2.24, 2.45) is 0 Å². The molecule has 0 atom stereocenters. The maximum atomic E-state index is 6.14. The third-order valence-corrected chi connectivity index (χ3v) is 5.20. The molecule has 0 unspecified atom stereocenters. The van der Waals surface area contributed by atoms with Crippen molar-refractivity contribution in [1.82, 2.24) is 9.97 Å². The molecule has 3 nitrogen and oxygen atoms in total. The van der Waals surface area contributed by atoms with E-state index in [1.807, 2.05) is 24.3 Å². The van der Waals surface area contributed by atoms with E-state index in [-0.39, 0.29) is 0 Å². The van der Waals surface area contributed by atoms with Crippen molar-refractivity contribution < 1.29 is 0 Å². The highest BCUT2D eigenvalue weighted by molar-refractivity contribution is 6.30. The van der Waals surface area contributed by atoms with Crippen LogP contribution in [0.4, 0.5) is 5.82 Å². The van der Waals surface area contributed by atoms with Crippen molar-refractivity contribution >= 4 is 17.4 Å². The Morgan fingerprint density at radius 1 is 1.00 bits per heavy atom. The average molecular weight is 328 g/mol. The number of aromatic nitrogens is 2. The fraction of sp³-hybridized carbons (Fsp3) is 0.474. The van der Waals surface area contributed by atoms with Gasteiger partial charge in [0.15, 0.2) is 5.82 Å². The summed E-state index contributed by atoms with van der Waals surface area (Å²) in [7, 11) is 0. The van der Waals surface area contributed by atoms with Gasteiger partial charge in [0.25, 0.3) is 0 Å². The Morgan fingerprint density at radius 3 is 2.65 bits per heavy atom. The zero-order valence-electron chi connectivity index (χ0n) is 13.3. The number of nitrogens with zero attached hydrogens (tertiary/aromatic N) is 2. The molecule has 0 saturated heterocycles. The lowest BCUT2D eigenvalue weighted by Crippen LogP contribution is -2.20. The van der Waals surface area contributed by atoms with Gasteiger partial charge >= 0.3 is 0 Å². The summed E-state index contributed by atoms with van der Waals surface area (Å²) < 4.78 is 0. The second-order valence-corrected chi connectivity index (χ2v) is 7.10. The molecule has 4 rings (SSSR count). The van der Waals surface area contributed by atoms with Crippen LogP contribution in [0.2, 0.25) is 5.02 Å². The molecule has 0 bridgehead atoms. The smallest absolute Gasteiger partial charge is 0.161 e. The minimum atomic E-state index is 0.572. The van der Waals surface area contributed by atoms with Crippen LogP contribution in [0, 0.1) is 0 Å². The lowest BCUT2D eigenvalue weighted by molar-refractivity contribution is 0.659. The number of halogens is 1. The highest BCUT2D eigenvalue weighted by Gasteiger charge is 2.22. The van der Waals surface area contributed by atoms with Crippen molar-refractivity contribution in [2.45, 2.75) is 57.4 Å². The highest BCUT2D eigenvalue weighted by atomic mass is 35.5. The molecule has 0 spiro atoms. The molecule has 1 fully saturated rings. The minimum Gasteiger partial charge on any atom is -0.367 e. The van der Waals surface area contributed by atoms with Gasteiger partial charge in [-0.2, -0.15) is 0 Å². The standard InChI is InChI=1S/C19H22ClN3/c20-14-7-5-6-13(12-14)18-22-17-11-4-3-10-16(17)19(23-18)21-15-8-1-2-9-15/h5-7,12,15H,1-4,8-11H2,(H,21,22,23). The molecule has 1 N–H and O–H groups in total. The van der Waals surface area contributed by atoms with Crippen LogP contribution in [0.25, 0.3) is 11.4 Å². The number of hydrogen-bond acceptors (Lipinski definition) is 3. The van der Waals surface area contributed by atoms with Gasteiger partial charge in [0, 0.05) is 27.9 Å². The monoisotopic (exact) mass is 327 g/mol. The predicted octanol–water partition coefficient (Wildman–Crippen LogP) is 5.03. The molecule has 120 valence electrons. The van der Waals surface area contributed by atoms with E-state index in [1.165, 1.54) is 49.8 Å². The molecule has 1 aromatic heterocycles. The summed E-state index contributed by atoms with van der Waals surface area (Å²) in [5, 5.41) is 4.44. The van der Waals surface area contributed by atoms with Crippen molar-refractivity contribution in [2.75, 3.05) is 5.32 Å². The second kappa shape index (κ2) is 6.48. The topological polar surface area (TPSA) is 37.8 Å². The van der Waals surface area contributed by atoms with E-state index < -0.39 is 0 Å². The van der Waals surface area contributed by atoms with Gasteiger partial charge in [0.1, 0.15) is 5.82 Å². The Hall–Kier alpha value is -1.61. The number of benzene rings is 1. The minimum absolute atomic E-state index is 0.572. The molecule has 1 aromatic carbocycles. The van der Waals surface area contributed by atoms with Gasteiger partial charge < -0.3 is 5.32 Å². The Labute approximate surface area is 142 Å². The van der Waals surface area contributed by atoms with E-state index in [1.54, 1.807) is 0 Å². The van der Waals surface area contributed by atoms with E-state index >= 15 is 0 Å². The normalized spacial score (nSPS) is 18.0. The largest absolute Gasteiger partial charge is 0.367 e. The number of aryl methyl sites for hydroxylation is 1. The average Bonchev–Trinajstić information content (AvgIpc) is 3.08. The number of fused-ring (bicyclic) bond motifs is 1. The van der Waals surface area contributed by atoms with Gasteiger partial charge in [0.2, 0.25) is 0 Å². The summed E-state index contributed by atoms with van der Waals surface area (Å²) in [5.41, 5.74) is 3.57. The van der Waals surface area contributed by atoms with Crippen molar-refractivity contribution in [3.05, 3.63) is 40.5 Å². The van der Waals surface area contributed by atoms with Crippen LogP contribution in [0.1, 0.15) is 49.8 Å². The Morgan fingerprint density at radius 2 is 1.83 bits per heavy atom. The third kappa shape index (κ3) is 3.20. The van der Waals surface area contributed by atoms with Gasteiger partial charge in [-0.3, -0.25) is 0 Å². The van der Waals surface area contributed by atoms with Gasteiger partial charge in [-0.25, -0.2) is 9.97 Å². The van der Waals surface area contributed by atoms with Crippen molar-refractivity contribution in [1.29, 1.82) is 0 Å². The first-order chi connectivity index (χ1) is 11.3. The summed E-state index contributed by atoms with van der Waals surface area (Å²) in [6, 6.07) is 8.41. The van der Waals surface area contributed by atoms with Crippen LogP contribution >= 0.6 is 11.6 Å². The third-order valence-electron chi connectivity index (χ3n) is 4.96. The lowest BCUT2D eigenvalue weighted by atomic mass is 9.96. The number of nitrogens with one attached hydrogen (secondary N) is 1. The van der Waals surface area contributed by atoms with Crippen LogP contribution in [0.5, 0.6) is 0 Å². The zero-order valence-corrected chi connectivity index (χ0v) is 14.1. The summed E-state index contributed by atoms with van der Waals surface area (Å²) >= 11 is 6.14. The number of anilines is 1. The quantitative estimate of drug-likeness (QED) is 0.859. The fourth-order valence-corrected chi connectivity index (χ4v) is 3.92. The molecule has 0 amide bonds. The van der Waals surface area contributed by atoms with E-state index in [0.29, 0.717) is 6.04 Å². The van der Waals surface area contributed by atoms with Gasteiger partial charge in [0.05, 0.1) is 0 Å². The van der Waals surface area contributed by atoms with E-state index in [0.717, 1.165) is 35.1 Å². The molecule has 2 aliphatic rings. The van der Waals surface area contributed by atoms with Crippen LogP contribution in [-0.4, -0.2) is 16.0 Å². The van der Waals surface area contributed by atoms with E-state index in [9.17, 15) is 0 Å². The maximum absolute atomic E-state index is 6.14. The maximum Gasteiger partial charge on any atom is 0.161 e. The van der Waals surface area contributed by atoms with Crippen LogP contribution < -0.4 is 5.32 Å². The first-order valence-electron chi connectivity index (χ1n) is 8.72. The number of rotatable bonds is 3. The van der Waals surface area contributed by atoms with E-state index in [4.69, 9.17) is 21.6 Å². The molecule has 1 saturated carbocycles. The van der Waals surface area contributed by atoms with Gasteiger partial charge in [-0.1, -0.05) is 36.6 Å². The number of hydrogen-bond donors (Lipinski definition) is 1. The van der Waals surface area contributed by atoms with Gasteiger partial charge in [-0.15, -0.1) is 0 Å². The van der Waals surface area contributed by atoms with Crippen LogP contribution in [0.3, 0.4) is 0 Å². The SMILES string of the molecule is Clc1cccc(-c2nc3c(c(NC4CCCC4)n2)CCCC3)c1. The van der Waals surface area contributed by atoms with Crippen LogP contribution in [0.15, 0.2) is 24.3 Å². The fourth-order valence-electron chi connectivity index (χ4n) is 3.73. The van der Waals surface area contributed by atoms with Crippen molar-refractivity contribution in [3.8, 4) is 11.4 Å². The molecular formula is C19H22ClN3. The summed E-state index contributed by atoms with van der Waals surface area (Å²) in [6.07, 6.45) is 9.79. The molecule has 2 aliphatic carbocycles. The zero-order chi connectivity index (χ0) is 15.6.